The topological polar surface area (TPSA) is 74.8 Å². The lowest BCUT2D eigenvalue weighted by atomic mass is 10.1. The molecule has 160 valence electrons. The molecule has 0 saturated carbocycles. The maximum atomic E-state index is 13.4. The lowest BCUT2D eigenvalue weighted by molar-refractivity contribution is -0.122. The Morgan fingerprint density at radius 3 is 2.35 bits per heavy atom. The van der Waals surface area contributed by atoms with Crippen molar-refractivity contribution in [3.63, 3.8) is 0 Å². The summed E-state index contributed by atoms with van der Waals surface area (Å²) in [5.74, 6) is -1.68. The van der Waals surface area contributed by atoms with Crippen molar-refractivity contribution in [1.82, 2.24) is 4.31 Å². The van der Waals surface area contributed by atoms with Gasteiger partial charge in [-0.15, -0.1) is 11.3 Å². The standard InChI is InChI=1S/C22H19FN2O4S2/c1-15-4-6-16(7-5-15)14-24(31(28,29)21-3-2-12-30-21)19-13-20(26)25(22(19)27)18-10-8-17(23)9-11-18/h2-12,19H,13-14H2,1H3. The van der Waals surface area contributed by atoms with Crippen molar-refractivity contribution in [2.45, 2.75) is 30.1 Å². The molecule has 2 amide bonds. The summed E-state index contributed by atoms with van der Waals surface area (Å²) in [5, 5.41) is 1.64. The third-order valence-electron chi connectivity index (χ3n) is 5.07. The highest BCUT2D eigenvalue weighted by Crippen LogP contribution is 2.32. The number of thiophene rings is 1. The van der Waals surface area contributed by atoms with Crippen LogP contribution in [-0.4, -0.2) is 30.6 Å². The molecular weight excluding hydrogens is 439 g/mol. The van der Waals surface area contributed by atoms with Crippen molar-refractivity contribution in [3.05, 3.63) is 83.0 Å². The first-order chi connectivity index (χ1) is 14.8. The minimum absolute atomic E-state index is 0.0541. The number of carbonyl (C=O) groups is 2. The molecule has 4 rings (SSSR count). The van der Waals surface area contributed by atoms with E-state index in [0.717, 1.165) is 38.2 Å². The van der Waals surface area contributed by atoms with Crippen LogP contribution in [0.3, 0.4) is 0 Å². The van der Waals surface area contributed by atoms with Crippen molar-refractivity contribution in [3.8, 4) is 0 Å². The average Bonchev–Trinajstić information content (AvgIpc) is 3.37. The van der Waals surface area contributed by atoms with E-state index < -0.39 is 33.7 Å². The Morgan fingerprint density at radius 2 is 1.74 bits per heavy atom. The molecule has 3 aromatic rings. The first-order valence-corrected chi connectivity index (χ1v) is 11.8. The lowest BCUT2D eigenvalue weighted by Crippen LogP contribution is -2.44. The van der Waals surface area contributed by atoms with Crippen LogP contribution in [0.5, 0.6) is 0 Å². The van der Waals surface area contributed by atoms with Crippen LogP contribution in [0, 0.1) is 12.7 Å². The average molecular weight is 459 g/mol. The molecule has 0 N–H and O–H groups in total. The van der Waals surface area contributed by atoms with E-state index in [1.807, 2.05) is 19.1 Å². The van der Waals surface area contributed by atoms with Gasteiger partial charge in [-0.3, -0.25) is 9.59 Å². The summed E-state index contributed by atoms with van der Waals surface area (Å²) in [4.78, 5) is 26.8. The molecule has 31 heavy (non-hydrogen) atoms. The molecule has 2 aromatic carbocycles. The predicted molar refractivity (Wildman–Crippen MR) is 116 cm³/mol. The van der Waals surface area contributed by atoms with Crippen molar-refractivity contribution < 1.29 is 22.4 Å². The number of benzene rings is 2. The number of nitrogens with zero attached hydrogens (tertiary/aromatic N) is 2. The molecule has 1 unspecified atom stereocenters. The highest BCUT2D eigenvalue weighted by Gasteiger charge is 2.47. The van der Waals surface area contributed by atoms with E-state index in [-0.39, 0.29) is 22.9 Å². The second-order valence-electron chi connectivity index (χ2n) is 7.23. The number of hydrogen-bond acceptors (Lipinski definition) is 5. The SMILES string of the molecule is Cc1ccc(CN(C2CC(=O)N(c3ccc(F)cc3)C2=O)S(=O)(=O)c2cccs2)cc1. The second-order valence-corrected chi connectivity index (χ2v) is 10.3. The molecule has 1 aromatic heterocycles. The van der Waals surface area contributed by atoms with Crippen molar-refractivity contribution in [2.24, 2.45) is 0 Å². The second kappa shape index (κ2) is 8.33. The van der Waals surface area contributed by atoms with Crippen LogP contribution < -0.4 is 4.90 Å². The van der Waals surface area contributed by atoms with E-state index in [4.69, 9.17) is 0 Å². The van der Waals surface area contributed by atoms with Crippen molar-refractivity contribution in [1.29, 1.82) is 0 Å². The summed E-state index contributed by atoms with van der Waals surface area (Å²) in [7, 11) is -4.03. The van der Waals surface area contributed by atoms with E-state index in [1.165, 1.54) is 18.2 Å². The molecule has 1 atom stereocenters. The molecule has 1 fully saturated rings. The van der Waals surface area contributed by atoms with Gasteiger partial charge in [0, 0.05) is 6.54 Å². The molecular formula is C22H19FN2O4S2. The van der Waals surface area contributed by atoms with Crippen LogP contribution >= 0.6 is 11.3 Å². The number of hydrogen-bond donors (Lipinski definition) is 0. The Kier molecular flexibility index (Phi) is 5.74. The normalized spacial score (nSPS) is 17.0. The summed E-state index contributed by atoms with van der Waals surface area (Å²) in [6.45, 7) is 1.87. The zero-order valence-corrected chi connectivity index (χ0v) is 18.2. The van der Waals surface area contributed by atoms with Gasteiger partial charge in [-0.2, -0.15) is 4.31 Å². The van der Waals surface area contributed by atoms with E-state index >= 15 is 0 Å². The Balaban J connectivity index is 1.72. The highest BCUT2D eigenvalue weighted by atomic mass is 32.2. The maximum absolute atomic E-state index is 13.4. The summed E-state index contributed by atoms with van der Waals surface area (Å²) >= 11 is 1.05. The fourth-order valence-electron chi connectivity index (χ4n) is 3.46. The maximum Gasteiger partial charge on any atom is 0.253 e. The van der Waals surface area contributed by atoms with E-state index in [1.54, 1.807) is 23.6 Å². The van der Waals surface area contributed by atoms with Crippen LogP contribution in [-0.2, 0) is 26.2 Å². The molecule has 0 radical (unpaired) electrons. The lowest BCUT2D eigenvalue weighted by Gasteiger charge is -2.26. The Bertz CT molecular complexity index is 1210. The molecule has 2 heterocycles. The fraction of sp³-hybridized carbons (Fsp3) is 0.182. The summed E-state index contributed by atoms with van der Waals surface area (Å²) < 4.78 is 41.3. The van der Waals surface area contributed by atoms with Gasteiger partial charge in [0.2, 0.25) is 5.91 Å². The smallest absolute Gasteiger partial charge is 0.253 e. The molecule has 0 bridgehead atoms. The van der Waals surface area contributed by atoms with Crippen molar-refractivity contribution >= 4 is 38.9 Å². The zero-order valence-electron chi connectivity index (χ0n) is 16.6. The first-order valence-electron chi connectivity index (χ1n) is 9.50. The highest BCUT2D eigenvalue weighted by molar-refractivity contribution is 7.91. The van der Waals surface area contributed by atoms with Gasteiger partial charge in [-0.05, 0) is 48.2 Å². The van der Waals surface area contributed by atoms with Crippen LogP contribution in [0.25, 0.3) is 0 Å². The van der Waals surface area contributed by atoms with Gasteiger partial charge in [-0.25, -0.2) is 17.7 Å². The number of aryl methyl sites for hydroxylation is 1. The number of imide groups is 1. The largest absolute Gasteiger partial charge is 0.274 e. The summed E-state index contributed by atoms with van der Waals surface area (Å²) in [6.07, 6.45) is -0.285. The molecule has 6 nitrogen and oxygen atoms in total. The van der Waals surface area contributed by atoms with Gasteiger partial charge in [0.05, 0.1) is 12.1 Å². The summed E-state index contributed by atoms with van der Waals surface area (Å²) in [6, 6.07) is 14.2. The van der Waals surface area contributed by atoms with Gasteiger partial charge >= 0.3 is 0 Å². The molecule has 1 aliphatic rings. The fourth-order valence-corrected chi connectivity index (χ4v) is 6.15. The van der Waals surface area contributed by atoms with Gasteiger partial charge in [0.25, 0.3) is 15.9 Å². The van der Waals surface area contributed by atoms with E-state index in [2.05, 4.69) is 0 Å². The van der Waals surface area contributed by atoms with Gasteiger partial charge in [0.15, 0.2) is 0 Å². The molecule has 1 saturated heterocycles. The van der Waals surface area contributed by atoms with Crippen LogP contribution in [0.15, 0.2) is 70.3 Å². The minimum Gasteiger partial charge on any atom is -0.274 e. The number of sulfonamides is 1. The van der Waals surface area contributed by atoms with E-state index in [9.17, 15) is 22.4 Å². The molecule has 0 spiro atoms. The van der Waals surface area contributed by atoms with Crippen LogP contribution in [0.1, 0.15) is 17.5 Å². The number of halogens is 1. The Morgan fingerprint density at radius 1 is 1.06 bits per heavy atom. The predicted octanol–water partition coefficient (Wildman–Crippen LogP) is 3.72. The Hall–Kier alpha value is -2.88. The van der Waals surface area contributed by atoms with Gasteiger partial charge in [-0.1, -0.05) is 35.9 Å². The molecule has 1 aliphatic heterocycles. The molecule has 0 aliphatic carbocycles. The first kappa shape index (κ1) is 21.4. The Labute approximate surface area is 183 Å². The number of anilines is 1. The molecule has 9 heteroatoms. The third kappa shape index (κ3) is 4.16. The zero-order chi connectivity index (χ0) is 22.2. The number of rotatable bonds is 6. The number of carbonyl (C=O) groups excluding carboxylic acids is 2. The summed E-state index contributed by atoms with van der Waals surface area (Å²) in [5.41, 5.74) is 1.93. The van der Waals surface area contributed by atoms with E-state index in [0.29, 0.717) is 5.56 Å². The monoisotopic (exact) mass is 458 g/mol. The van der Waals surface area contributed by atoms with Crippen LogP contribution in [0.4, 0.5) is 10.1 Å². The van der Waals surface area contributed by atoms with Gasteiger partial charge < -0.3 is 0 Å². The minimum atomic E-state index is -4.03. The van der Waals surface area contributed by atoms with Crippen LogP contribution in [0.2, 0.25) is 0 Å². The third-order valence-corrected chi connectivity index (χ3v) is 8.30. The number of amides is 2. The van der Waals surface area contributed by atoms with Crippen molar-refractivity contribution in [2.75, 3.05) is 4.90 Å². The quantitative estimate of drug-likeness (QED) is 0.528. The van der Waals surface area contributed by atoms with Gasteiger partial charge in [0.1, 0.15) is 16.1 Å².